The molecule has 1 heterocycles. The number of ether oxygens (including phenoxy) is 1. The normalized spacial score (nSPS) is 12.7. The molecule has 14 heavy (non-hydrogen) atoms. The number of aromatic nitrogens is 2. The molecule has 1 atom stereocenters. The molecule has 0 bridgehead atoms. The Morgan fingerprint density at radius 3 is 2.71 bits per heavy atom. The second kappa shape index (κ2) is 6.45. The molecule has 4 heteroatoms. The van der Waals surface area contributed by atoms with Crippen molar-refractivity contribution in [3.63, 3.8) is 0 Å². The predicted molar refractivity (Wildman–Crippen MR) is 55.1 cm³/mol. The molecule has 0 radical (unpaired) electrons. The molecule has 0 aliphatic carbocycles. The monoisotopic (exact) mass is 195 g/mol. The third-order valence-electron chi connectivity index (χ3n) is 1.91. The van der Waals surface area contributed by atoms with E-state index in [1.165, 1.54) is 0 Å². The van der Waals surface area contributed by atoms with Crippen molar-refractivity contribution in [2.45, 2.75) is 19.4 Å². The summed E-state index contributed by atoms with van der Waals surface area (Å²) in [5.74, 6) is 0.857. The second-order valence-corrected chi connectivity index (χ2v) is 3.08. The van der Waals surface area contributed by atoms with Gasteiger partial charge in [0.25, 0.3) is 0 Å². The Hall–Kier alpha value is -1.00. The summed E-state index contributed by atoms with van der Waals surface area (Å²) in [5.41, 5.74) is 0. The number of nitrogens with one attached hydrogen (secondary N) is 1. The summed E-state index contributed by atoms with van der Waals surface area (Å²) < 4.78 is 5.11. The van der Waals surface area contributed by atoms with Gasteiger partial charge in [0.15, 0.2) is 0 Å². The maximum Gasteiger partial charge on any atom is 0.129 e. The maximum absolute atomic E-state index is 5.11. The van der Waals surface area contributed by atoms with Gasteiger partial charge in [-0.05, 0) is 12.6 Å². The minimum Gasteiger partial charge on any atom is -0.383 e. The molecule has 0 saturated heterocycles. The first kappa shape index (κ1) is 11.1. The van der Waals surface area contributed by atoms with Crippen LogP contribution in [0.1, 0.15) is 12.7 Å². The lowest BCUT2D eigenvalue weighted by Crippen LogP contribution is -2.35. The lowest BCUT2D eigenvalue weighted by molar-refractivity contribution is 0.166. The molecule has 0 fully saturated rings. The number of hydrogen-bond acceptors (Lipinski definition) is 4. The van der Waals surface area contributed by atoms with Gasteiger partial charge >= 0.3 is 0 Å². The van der Waals surface area contributed by atoms with Crippen LogP contribution >= 0.6 is 0 Å². The van der Waals surface area contributed by atoms with E-state index in [1.54, 1.807) is 19.5 Å². The Labute approximate surface area is 84.7 Å². The highest BCUT2D eigenvalue weighted by Gasteiger charge is 2.08. The van der Waals surface area contributed by atoms with Crippen LogP contribution in [0.15, 0.2) is 18.5 Å². The van der Waals surface area contributed by atoms with Gasteiger partial charge in [-0.15, -0.1) is 0 Å². The molecular formula is C10H17N3O. The van der Waals surface area contributed by atoms with Crippen LogP contribution in [-0.4, -0.2) is 36.3 Å². The van der Waals surface area contributed by atoms with Crippen molar-refractivity contribution in [2.75, 3.05) is 20.3 Å². The van der Waals surface area contributed by atoms with Gasteiger partial charge in [0.1, 0.15) is 5.82 Å². The van der Waals surface area contributed by atoms with Crippen molar-refractivity contribution in [1.29, 1.82) is 0 Å². The topological polar surface area (TPSA) is 47.0 Å². The van der Waals surface area contributed by atoms with E-state index in [-0.39, 0.29) is 0 Å². The Kier molecular flexibility index (Phi) is 5.11. The van der Waals surface area contributed by atoms with Crippen LogP contribution in [-0.2, 0) is 11.2 Å². The molecule has 1 unspecified atom stereocenters. The van der Waals surface area contributed by atoms with E-state index in [4.69, 9.17) is 4.74 Å². The lowest BCUT2D eigenvalue weighted by Gasteiger charge is -2.15. The van der Waals surface area contributed by atoms with Crippen molar-refractivity contribution < 1.29 is 4.74 Å². The first-order chi connectivity index (χ1) is 6.86. The maximum atomic E-state index is 5.11. The lowest BCUT2D eigenvalue weighted by atomic mass is 10.2. The smallest absolute Gasteiger partial charge is 0.129 e. The van der Waals surface area contributed by atoms with E-state index in [0.717, 1.165) is 18.8 Å². The summed E-state index contributed by atoms with van der Waals surface area (Å²) in [5, 5.41) is 3.33. The van der Waals surface area contributed by atoms with Crippen LogP contribution in [0.4, 0.5) is 0 Å². The SMILES string of the molecule is CCNC(COC)Cc1ncccn1. The number of hydrogen-bond donors (Lipinski definition) is 1. The van der Waals surface area contributed by atoms with E-state index >= 15 is 0 Å². The van der Waals surface area contributed by atoms with Gasteiger partial charge in [0, 0.05) is 32.0 Å². The summed E-state index contributed by atoms with van der Waals surface area (Å²) in [6, 6.07) is 2.12. The summed E-state index contributed by atoms with van der Waals surface area (Å²) in [6.07, 6.45) is 4.33. The zero-order valence-electron chi connectivity index (χ0n) is 8.73. The highest BCUT2D eigenvalue weighted by molar-refractivity contribution is 4.91. The molecule has 1 N–H and O–H groups in total. The predicted octanol–water partition coefficient (Wildman–Crippen LogP) is 0.644. The van der Waals surface area contributed by atoms with Crippen LogP contribution in [0.2, 0.25) is 0 Å². The molecule has 0 aliphatic heterocycles. The van der Waals surface area contributed by atoms with E-state index in [0.29, 0.717) is 12.6 Å². The molecule has 1 aromatic heterocycles. The third kappa shape index (κ3) is 3.81. The van der Waals surface area contributed by atoms with Gasteiger partial charge in [-0.2, -0.15) is 0 Å². The average Bonchev–Trinajstić information content (AvgIpc) is 2.20. The highest BCUT2D eigenvalue weighted by Crippen LogP contribution is 1.96. The van der Waals surface area contributed by atoms with Crippen molar-refractivity contribution in [2.24, 2.45) is 0 Å². The fraction of sp³-hybridized carbons (Fsp3) is 0.600. The average molecular weight is 195 g/mol. The summed E-state index contributed by atoms with van der Waals surface area (Å²) in [6.45, 7) is 3.70. The third-order valence-corrected chi connectivity index (χ3v) is 1.91. The zero-order valence-corrected chi connectivity index (χ0v) is 8.73. The molecule has 1 rings (SSSR count). The zero-order chi connectivity index (χ0) is 10.2. The molecule has 0 saturated carbocycles. The van der Waals surface area contributed by atoms with Crippen LogP contribution in [0.3, 0.4) is 0 Å². The largest absolute Gasteiger partial charge is 0.383 e. The Balaban J connectivity index is 2.46. The number of likely N-dealkylation sites (N-methyl/N-ethyl adjacent to an activating group) is 1. The van der Waals surface area contributed by atoms with Crippen LogP contribution in [0, 0.1) is 0 Å². The highest BCUT2D eigenvalue weighted by atomic mass is 16.5. The molecule has 0 aromatic carbocycles. The number of rotatable bonds is 6. The standard InChI is InChI=1S/C10H17N3O/c1-3-11-9(8-14-2)7-10-12-5-4-6-13-10/h4-6,9,11H,3,7-8H2,1-2H3. The summed E-state index contributed by atoms with van der Waals surface area (Å²) in [7, 11) is 1.70. The van der Waals surface area contributed by atoms with Gasteiger partial charge in [0.2, 0.25) is 0 Å². The Morgan fingerprint density at radius 2 is 2.14 bits per heavy atom. The minimum atomic E-state index is 0.299. The molecule has 0 amide bonds. The first-order valence-corrected chi connectivity index (χ1v) is 4.85. The Morgan fingerprint density at radius 1 is 1.43 bits per heavy atom. The van der Waals surface area contributed by atoms with Crippen molar-refractivity contribution in [3.8, 4) is 0 Å². The van der Waals surface area contributed by atoms with Crippen molar-refractivity contribution in [3.05, 3.63) is 24.3 Å². The van der Waals surface area contributed by atoms with Gasteiger partial charge in [0.05, 0.1) is 6.61 Å². The fourth-order valence-corrected chi connectivity index (χ4v) is 1.34. The fourth-order valence-electron chi connectivity index (χ4n) is 1.34. The molecule has 0 aliphatic rings. The van der Waals surface area contributed by atoms with E-state index in [1.807, 2.05) is 6.07 Å². The molecule has 0 spiro atoms. The number of methoxy groups -OCH3 is 1. The number of nitrogens with zero attached hydrogens (tertiary/aromatic N) is 2. The van der Waals surface area contributed by atoms with Crippen LogP contribution in [0.5, 0.6) is 0 Å². The summed E-state index contributed by atoms with van der Waals surface area (Å²) in [4.78, 5) is 8.35. The van der Waals surface area contributed by atoms with E-state index < -0.39 is 0 Å². The first-order valence-electron chi connectivity index (χ1n) is 4.85. The van der Waals surface area contributed by atoms with E-state index in [9.17, 15) is 0 Å². The summed E-state index contributed by atoms with van der Waals surface area (Å²) >= 11 is 0. The molecular weight excluding hydrogens is 178 g/mol. The van der Waals surface area contributed by atoms with Crippen molar-refractivity contribution in [1.82, 2.24) is 15.3 Å². The minimum absolute atomic E-state index is 0.299. The van der Waals surface area contributed by atoms with Crippen molar-refractivity contribution >= 4 is 0 Å². The van der Waals surface area contributed by atoms with E-state index in [2.05, 4.69) is 22.2 Å². The van der Waals surface area contributed by atoms with Gasteiger partial charge in [-0.3, -0.25) is 0 Å². The quantitative estimate of drug-likeness (QED) is 0.723. The molecule has 78 valence electrons. The van der Waals surface area contributed by atoms with Crippen LogP contribution in [0.25, 0.3) is 0 Å². The van der Waals surface area contributed by atoms with Crippen LogP contribution < -0.4 is 5.32 Å². The van der Waals surface area contributed by atoms with Gasteiger partial charge in [-0.25, -0.2) is 9.97 Å². The second-order valence-electron chi connectivity index (χ2n) is 3.08. The van der Waals surface area contributed by atoms with Gasteiger partial charge in [-0.1, -0.05) is 6.92 Å². The molecule has 4 nitrogen and oxygen atoms in total. The van der Waals surface area contributed by atoms with Gasteiger partial charge < -0.3 is 10.1 Å². The Bertz CT molecular complexity index is 234. The molecule has 1 aromatic rings.